The Hall–Kier alpha value is -3.39. The second-order valence-corrected chi connectivity index (χ2v) is 6.15. The van der Waals surface area contributed by atoms with Gasteiger partial charge in [0.15, 0.2) is 5.82 Å². The van der Waals surface area contributed by atoms with Crippen molar-refractivity contribution in [2.75, 3.05) is 5.43 Å². The number of nitrogens with one attached hydrogen (secondary N) is 1. The Bertz CT molecular complexity index is 1110. The average Bonchev–Trinajstić information content (AvgIpc) is 3.02. The molecule has 3 aromatic heterocycles. The maximum absolute atomic E-state index is 10.8. The molecule has 0 unspecified atom stereocenters. The summed E-state index contributed by atoms with van der Waals surface area (Å²) >= 11 is 1.50. The molecule has 0 aliphatic carbocycles. The van der Waals surface area contributed by atoms with Crippen LogP contribution in [0.4, 0.5) is 5.82 Å². The summed E-state index contributed by atoms with van der Waals surface area (Å²) in [6, 6.07) is 10.3. The van der Waals surface area contributed by atoms with Crippen LogP contribution in [0, 0.1) is 0 Å². The molecule has 8 heteroatoms. The minimum atomic E-state index is -0.955. The highest BCUT2D eigenvalue weighted by Crippen LogP contribution is 2.34. The van der Waals surface area contributed by atoms with Crippen LogP contribution in [0.15, 0.2) is 54.0 Å². The first-order chi connectivity index (χ1) is 12.2. The first-order valence-electron chi connectivity index (χ1n) is 7.33. The molecule has 1 aromatic carbocycles. The Morgan fingerprint density at radius 2 is 2.00 bits per heavy atom. The molecule has 25 heavy (non-hydrogen) atoms. The summed E-state index contributed by atoms with van der Waals surface area (Å²) in [5.41, 5.74) is 4.77. The number of hydrogen-bond acceptors (Lipinski definition) is 7. The SMILES string of the molecule is O=C(O)c1ccc(C=NNc2ncnc3c2sc2ncccc23)cc1. The number of hydrazone groups is 1. The predicted molar refractivity (Wildman–Crippen MR) is 97.3 cm³/mol. The second kappa shape index (κ2) is 6.25. The lowest BCUT2D eigenvalue weighted by molar-refractivity contribution is 0.0697. The Morgan fingerprint density at radius 3 is 2.80 bits per heavy atom. The second-order valence-electron chi connectivity index (χ2n) is 5.16. The molecule has 0 spiro atoms. The van der Waals surface area contributed by atoms with E-state index < -0.39 is 5.97 Å². The highest BCUT2D eigenvalue weighted by molar-refractivity contribution is 7.25. The van der Waals surface area contributed by atoms with Gasteiger partial charge in [-0.05, 0) is 29.8 Å². The number of aromatic nitrogens is 3. The summed E-state index contributed by atoms with van der Waals surface area (Å²) in [7, 11) is 0. The van der Waals surface area contributed by atoms with Gasteiger partial charge < -0.3 is 5.11 Å². The molecule has 7 nitrogen and oxygen atoms in total. The highest BCUT2D eigenvalue weighted by atomic mass is 32.1. The Labute approximate surface area is 145 Å². The number of anilines is 1. The number of carboxylic acid groups (broad SMARTS) is 1. The fourth-order valence-corrected chi connectivity index (χ4v) is 3.41. The van der Waals surface area contributed by atoms with E-state index in [2.05, 4.69) is 25.5 Å². The predicted octanol–water partition coefficient (Wildman–Crippen LogP) is 3.38. The molecule has 3 heterocycles. The van der Waals surface area contributed by atoms with Crippen LogP contribution in [0.1, 0.15) is 15.9 Å². The van der Waals surface area contributed by atoms with E-state index in [0.29, 0.717) is 5.82 Å². The molecular weight excluding hydrogens is 338 g/mol. The van der Waals surface area contributed by atoms with Crippen molar-refractivity contribution in [1.29, 1.82) is 0 Å². The van der Waals surface area contributed by atoms with Gasteiger partial charge in [0.1, 0.15) is 11.2 Å². The standard InChI is InChI=1S/C17H11N5O2S/c23-17(24)11-5-3-10(4-6-11)8-21-22-15-14-13(19-9-20-15)12-2-1-7-18-16(12)25-14/h1-9H,(H,23,24)(H,19,20,22). The largest absolute Gasteiger partial charge is 0.478 e. The Morgan fingerprint density at radius 1 is 1.16 bits per heavy atom. The van der Waals surface area contributed by atoms with E-state index in [1.54, 1.807) is 24.5 Å². The molecular formula is C17H11N5O2S. The number of rotatable bonds is 4. The zero-order chi connectivity index (χ0) is 17.2. The summed E-state index contributed by atoms with van der Waals surface area (Å²) in [6.45, 7) is 0. The summed E-state index contributed by atoms with van der Waals surface area (Å²) in [5, 5.41) is 14.1. The number of carboxylic acids is 1. The van der Waals surface area contributed by atoms with Gasteiger partial charge in [0.2, 0.25) is 0 Å². The van der Waals surface area contributed by atoms with Gasteiger partial charge in [0.25, 0.3) is 0 Å². The van der Waals surface area contributed by atoms with Gasteiger partial charge in [-0.3, -0.25) is 5.43 Å². The van der Waals surface area contributed by atoms with E-state index >= 15 is 0 Å². The molecule has 2 N–H and O–H groups in total. The van der Waals surface area contributed by atoms with Gasteiger partial charge in [0, 0.05) is 11.6 Å². The van der Waals surface area contributed by atoms with Crippen molar-refractivity contribution in [3.8, 4) is 0 Å². The number of carbonyl (C=O) groups is 1. The molecule has 0 saturated heterocycles. The van der Waals surface area contributed by atoms with Crippen LogP contribution in [-0.2, 0) is 0 Å². The van der Waals surface area contributed by atoms with Crippen LogP contribution in [0.2, 0.25) is 0 Å². The Kier molecular flexibility index (Phi) is 3.79. The lowest BCUT2D eigenvalue weighted by Crippen LogP contribution is -1.97. The zero-order valence-electron chi connectivity index (χ0n) is 12.7. The zero-order valence-corrected chi connectivity index (χ0v) is 13.6. The van der Waals surface area contributed by atoms with Gasteiger partial charge in [0.05, 0.1) is 22.0 Å². The van der Waals surface area contributed by atoms with Crippen molar-refractivity contribution >= 4 is 49.8 Å². The first kappa shape index (κ1) is 15.2. The minimum absolute atomic E-state index is 0.236. The van der Waals surface area contributed by atoms with E-state index in [9.17, 15) is 4.79 Å². The molecule has 0 bridgehead atoms. The van der Waals surface area contributed by atoms with Crippen molar-refractivity contribution in [2.45, 2.75) is 0 Å². The number of aromatic carboxylic acids is 1. The number of nitrogens with zero attached hydrogens (tertiary/aromatic N) is 4. The normalized spacial score (nSPS) is 11.4. The summed E-state index contributed by atoms with van der Waals surface area (Å²) < 4.78 is 0.884. The van der Waals surface area contributed by atoms with Crippen LogP contribution < -0.4 is 5.43 Å². The number of benzene rings is 1. The molecule has 0 radical (unpaired) electrons. The van der Waals surface area contributed by atoms with Crippen molar-refractivity contribution in [2.24, 2.45) is 5.10 Å². The average molecular weight is 349 g/mol. The van der Waals surface area contributed by atoms with Gasteiger partial charge >= 0.3 is 5.97 Å². The third-order valence-corrected chi connectivity index (χ3v) is 4.68. The van der Waals surface area contributed by atoms with E-state index in [-0.39, 0.29) is 5.56 Å². The maximum Gasteiger partial charge on any atom is 0.335 e. The van der Waals surface area contributed by atoms with Crippen molar-refractivity contribution < 1.29 is 9.90 Å². The molecule has 0 atom stereocenters. The van der Waals surface area contributed by atoms with Crippen LogP contribution in [-0.4, -0.2) is 32.2 Å². The van der Waals surface area contributed by atoms with E-state index in [1.807, 2.05) is 12.1 Å². The molecule has 4 rings (SSSR count). The molecule has 0 aliphatic rings. The Balaban J connectivity index is 1.61. The smallest absolute Gasteiger partial charge is 0.335 e. The molecule has 0 fully saturated rings. The molecule has 122 valence electrons. The van der Waals surface area contributed by atoms with Gasteiger partial charge in [-0.2, -0.15) is 5.10 Å². The number of pyridine rings is 1. The van der Waals surface area contributed by atoms with E-state index in [4.69, 9.17) is 5.11 Å². The van der Waals surface area contributed by atoms with Crippen molar-refractivity contribution in [3.05, 3.63) is 60.0 Å². The van der Waals surface area contributed by atoms with Crippen LogP contribution in [0.3, 0.4) is 0 Å². The lowest BCUT2D eigenvalue weighted by atomic mass is 10.1. The van der Waals surface area contributed by atoms with Gasteiger partial charge in [-0.25, -0.2) is 19.7 Å². The van der Waals surface area contributed by atoms with Crippen molar-refractivity contribution in [1.82, 2.24) is 15.0 Å². The fraction of sp³-hybridized carbons (Fsp3) is 0. The van der Waals surface area contributed by atoms with Gasteiger partial charge in [-0.15, -0.1) is 11.3 Å². The van der Waals surface area contributed by atoms with Crippen LogP contribution in [0.5, 0.6) is 0 Å². The maximum atomic E-state index is 10.8. The van der Waals surface area contributed by atoms with Crippen molar-refractivity contribution in [3.63, 3.8) is 0 Å². The molecule has 0 aliphatic heterocycles. The minimum Gasteiger partial charge on any atom is -0.478 e. The summed E-state index contributed by atoms with van der Waals surface area (Å²) in [4.78, 5) is 24.7. The number of hydrogen-bond donors (Lipinski definition) is 2. The van der Waals surface area contributed by atoms with E-state index in [1.165, 1.54) is 29.8 Å². The third-order valence-electron chi connectivity index (χ3n) is 3.57. The number of thiophene rings is 1. The number of fused-ring (bicyclic) bond motifs is 3. The fourth-order valence-electron chi connectivity index (χ4n) is 2.37. The summed E-state index contributed by atoms with van der Waals surface area (Å²) in [5.74, 6) is -0.352. The molecule has 0 amide bonds. The third kappa shape index (κ3) is 2.90. The summed E-state index contributed by atoms with van der Waals surface area (Å²) in [6.07, 6.45) is 4.84. The lowest BCUT2D eigenvalue weighted by Gasteiger charge is -2.00. The molecule has 4 aromatic rings. The van der Waals surface area contributed by atoms with Crippen LogP contribution >= 0.6 is 11.3 Å². The highest BCUT2D eigenvalue weighted by Gasteiger charge is 2.11. The monoisotopic (exact) mass is 349 g/mol. The quantitative estimate of drug-likeness (QED) is 0.433. The van der Waals surface area contributed by atoms with Crippen LogP contribution in [0.25, 0.3) is 20.4 Å². The first-order valence-corrected chi connectivity index (χ1v) is 8.15. The molecule has 0 saturated carbocycles. The topological polar surface area (TPSA) is 100 Å². The van der Waals surface area contributed by atoms with E-state index in [0.717, 1.165) is 26.0 Å². The van der Waals surface area contributed by atoms with Gasteiger partial charge in [-0.1, -0.05) is 12.1 Å².